The number of aryl methyl sites for hydroxylation is 1. The molecule has 1 saturated carbocycles. The first-order chi connectivity index (χ1) is 30.6. The molecular weight excluding hydrogens is 829 g/mol. The van der Waals surface area contributed by atoms with Crippen LogP contribution < -0.4 is 11.1 Å². The molecule has 4 aliphatic heterocycles. The van der Waals surface area contributed by atoms with Crippen molar-refractivity contribution in [2.45, 2.75) is 151 Å². The molecular formula is C47H62N4O13. The molecule has 1 aliphatic carbocycles. The number of cyclic esters (lactones) is 1. The van der Waals surface area contributed by atoms with Crippen molar-refractivity contribution in [1.29, 1.82) is 0 Å². The number of hydrogen-bond acceptors (Lipinski definition) is 16. The highest BCUT2D eigenvalue weighted by atomic mass is 16.7. The molecule has 0 spiro atoms. The van der Waals surface area contributed by atoms with Gasteiger partial charge in [0.15, 0.2) is 12.1 Å². The number of anilines is 2. The maximum absolute atomic E-state index is 12.3. The maximum atomic E-state index is 12.3. The summed E-state index contributed by atoms with van der Waals surface area (Å²) in [5, 5.41) is 67.2. The van der Waals surface area contributed by atoms with Gasteiger partial charge in [0.1, 0.15) is 24.2 Å². The van der Waals surface area contributed by atoms with Gasteiger partial charge >= 0.3 is 11.9 Å². The van der Waals surface area contributed by atoms with E-state index in [1.54, 1.807) is 56.4 Å². The molecule has 0 radical (unpaired) electrons. The Kier molecular flexibility index (Phi) is 17.1. The lowest BCUT2D eigenvalue weighted by atomic mass is 9.83. The van der Waals surface area contributed by atoms with E-state index in [0.29, 0.717) is 18.3 Å². The van der Waals surface area contributed by atoms with Crippen molar-refractivity contribution in [2.24, 2.45) is 11.7 Å². The van der Waals surface area contributed by atoms with Gasteiger partial charge in [-0.1, -0.05) is 66.8 Å². The SMILES string of the molecule is C[C@@H]1C/C=C/C=C/C=C/C=C/[C@H](O[C@@H]2O[C@H](C)[C@@H](O)[C@H](N)[C@@H]2O)C[C@@H]2O[C@](O)(C[C@@H](O)C[C@H]3O[C@@H]3/C=C/C(=O)O1)C[C@H](O)[C@H]2C(=O)O.Cc1cc(C2CC2)nc(Nc2ccccc2)n1. The van der Waals surface area contributed by atoms with Crippen LogP contribution in [0.3, 0.4) is 0 Å². The quantitative estimate of drug-likeness (QED) is 0.152. The van der Waals surface area contributed by atoms with Crippen molar-refractivity contribution in [3.05, 3.63) is 109 Å². The average molecular weight is 891 g/mol. The number of carbonyl (C=O) groups excluding carboxylic acids is 1. The van der Waals surface area contributed by atoms with E-state index in [-0.39, 0.29) is 25.4 Å². The second kappa shape index (κ2) is 22.5. The summed E-state index contributed by atoms with van der Waals surface area (Å²) in [5.74, 6) is -4.08. The second-order valence-corrected chi connectivity index (χ2v) is 17.1. The minimum Gasteiger partial charge on any atom is -0.481 e. The number of nitrogens with zero attached hydrogens (tertiary/aromatic N) is 2. The standard InChI is InChI=1S/C33H47NO13.C14H15N3/c1-18-10-8-6-4-3-5-7-9-11-21(45-32-30(39)28(34)29(38)19(2)44-32)15-25-27(31(40)41)22(36)17-33(42,47-25)16-20(35)14-24-23(46-24)12-13-26(37)43-18;1-10-9-13(11-7-8-11)17-14(15-10)16-12-5-3-2-4-6-12/h3-9,11-13,18-25,27-30,32,35-36,38-39,42H,10,14-17,34H2,1-2H3,(H,40,41);2-6,9,11H,7-8H2,1H3,(H,15,16,17)/b4-3+,7-5+,8-6+,11-9+,13-12+;/t18-,19-,20+,21+,22+,23-,24-,25+,27-,28+,29-,30+,32+,33-;/m1./s1. The minimum absolute atomic E-state index is 0.0789. The van der Waals surface area contributed by atoms with Crippen molar-refractivity contribution < 1.29 is 63.9 Å². The predicted molar refractivity (Wildman–Crippen MR) is 234 cm³/mol. The Hall–Kier alpha value is -4.66. The number of para-hydroxylation sites is 1. The number of rotatable bonds is 6. The Balaban J connectivity index is 0.000000330. The molecule has 64 heavy (non-hydrogen) atoms. The Morgan fingerprint density at radius 3 is 2.34 bits per heavy atom. The van der Waals surface area contributed by atoms with Gasteiger partial charge in [0.2, 0.25) is 5.95 Å². The number of aliphatic carboxylic acids is 1. The summed E-state index contributed by atoms with van der Waals surface area (Å²) < 4.78 is 28.5. The van der Waals surface area contributed by atoms with Crippen LogP contribution in [0.1, 0.15) is 76.1 Å². The third kappa shape index (κ3) is 14.4. The highest BCUT2D eigenvalue weighted by Gasteiger charge is 2.51. The van der Waals surface area contributed by atoms with Crippen molar-refractivity contribution in [1.82, 2.24) is 9.97 Å². The number of carboxylic acids is 1. The molecule has 0 unspecified atom stereocenters. The smallest absolute Gasteiger partial charge is 0.330 e. The Morgan fingerprint density at radius 1 is 0.906 bits per heavy atom. The third-order valence-corrected chi connectivity index (χ3v) is 11.5. The average Bonchev–Trinajstić information content (AvgIpc) is 4.17. The number of allylic oxidation sites excluding steroid dienone is 6. The topological polar surface area (TPSA) is 269 Å². The Labute approximate surface area is 373 Å². The molecule has 17 heteroatoms. The summed E-state index contributed by atoms with van der Waals surface area (Å²) in [6, 6.07) is 11.0. The molecule has 3 saturated heterocycles. The van der Waals surface area contributed by atoms with E-state index in [0.717, 1.165) is 11.4 Å². The molecule has 5 heterocycles. The lowest BCUT2D eigenvalue weighted by Crippen LogP contribution is -2.61. The summed E-state index contributed by atoms with van der Waals surface area (Å²) in [5.41, 5.74) is 9.21. The van der Waals surface area contributed by atoms with Gasteiger partial charge in [0.05, 0.1) is 48.8 Å². The van der Waals surface area contributed by atoms with Gasteiger partial charge in [-0.05, 0) is 57.9 Å². The summed E-state index contributed by atoms with van der Waals surface area (Å²) >= 11 is 0. The normalized spacial score (nSPS) is 38.6. The van der Waals surface area contributed by atoms with E-state index in [1.807, 2.05) is 43.3 Å². The van der Waals surface area contributed by atoms with Crippen LogP contribution in [0.5, 0.6) is 0 Å². The van der Waals surface area contributed by atoms with E-state index in [2.05, 4.69) is 21.4 Å². The first kappa shape index (κ1) is 48.8. The van der Waals surface area contributed by atoms with Gasteiger partial charge in [-0.15, -0.1) is 0 Å². The molecule has 5 aliphatic rings. The maximum Gasteiger partial charge on any atom is 0.330 e. The number of aliphatic hydroxyl groups is 5. The van der Waals surface area contributed by atoms with E-state index in [9.17, 15) is 40.2 Å². The molecule has 2 bridgehead atoms. The lowest BCUT2D eigenvalue weighted by molar-refractivity contribution is -0.308. The number of hydrogen-bond donors (Lipinski definition) is 8. The van der Waals surface area contributed by atoms with Gasteiger partial charge in [0, 0.05) is 61.2 Å². The van der Waals surface area contributed by atoms with E-state index in [4.69, 9.17) is 29.4 Å². The number of benzene rings is 1. The Morgan fingerprint density at radius 2 is 1.62 bits per heavy atom. The van der Waals surface area contributed by atoms with Gasteiger partial charge in [0.25, 0.3) is 0 Å². The van der Waals surface area contributed by atoms with Gasteiger partial charge < -0.3 is 65.4 Å². The number of ether oxygens (including phenoxy) is 5. The fourth-order valence-corrected chi connectivity index (χ4v) is 7.89. The molecule has 4 fully saturated rings. The van der Waals surface area contributed by atoms with E-state index in [1.165, 1.54) is 30.7 Å². The number of carboxylic acid groups (broad SMARTS) is 1. The molecule has 1 aromatic carbocycles. The molecule has 7 rings (SSSR count). The summed E-state index contributed by atoms with van der Waals surface area (Å²) in [7, 11) is 0. The van der Waals surface area contributed by atoms with Crippen LogP contribution in [0.2, 0.25) is 0 Å². The number of carbonyl (C=O) groups is 2. The summed E-state index contributed by atoms with van der Waals surface area (Å²) in [4.78, 5) is 33.4. The van der Waals surface area contributed by atoms with Gasteiger partial charge in [-0.3, -0.25) is 4.79 Å². The molecule has 9 N–H and O–H groups in total. The zero-order valence-electron chi connectivity index (χ0n) is 36.3. The van der Waals surface area contributed by atoms with Crippen LogP contribution >= 0.6 is 0 Å². The fraction of sp³-hybridized carbons (Fsp3) is 0.532. The number of esters is 1. The Bertz CT molecular complexity index is 2010. The third-order valence-electron chi connectivity index (χ3n) is 11.5. The van der Waals surface area contributed by atoms with Crippen LogP contribution in [-0.2, 0) is 33.3 Å². The number of nitrogens with one attached hydrogen (secondary N) is 1. The summed E-state index contributed by atoms with van der Waals surface area (Å²) in [6.45, 7) is 5.35. The van der Waals surface area contributed by atoms with Crippen LogP contribution in [0.4, 0.5) is 11.6 Å². The van der Waals surface area contributed by atoms with Gasteiger partial charge in [-0.25, -0.2) is 14.8 Å². The number of aromatic nitrogens is 2. The number of fused-ring (bicyclic) bond motifs is 3. The molecule has 1 aromatic heterocycles. The van der Waals surface area contributed by atoms with Crippen molar-refractivity contribution in [2.75, 3.05) is 5.32 Å². The van der Waals surface area contributed by atoms with Crippen LogP contribution in [0.15, 0.2) is 97.2 Å². The number of nitrogens with two attached hydrogens (primary N) is 1. The molecule has 17 nitrogen and oxygen atoms in total. The van der Waals surface area contributed by atoms with Crippen molar-refractivity contribution in [3.63, 3.8) is 0 Å². The predicted octanol–water partition coefficient (Wildman–Crippen LogP) is 3.53. The zero-order valence-corrected chi connectivity index (χ0v) is 36.3. The molecule has 2 aromatic rings. The summed E-state index contributed by atoms with van der Waals surface area (Å²) in [6.07, 6.45) is 7.78. The van der Waals surface area contributed by atoms with Crippen LogP contribution in [0.25, 0.3) is 0 Å². The van der Waals surface area contributed by atoms with Gasteiger partial charge in [-0.2, -0.15) is 0 Å². The number of epoxide rings is 1. The largest absolute Gasteiger partial charge is 0.481 e. The van der Waals surface area contributed by atoms with E-state index < -0.39 is 97.3 Å². The van der Waals surface area contributed by atoms with Crippen molar-refractivity contribution >= 4 is 23.6 Å². The fourth-order valence-electron chi connectivity index (χ4n) is 7.89. The van der Waals surface area contributed by atoms with Crippen molar-refractivity contribution in [3.8, 4) is 0 Å². The van der Waals surface area contributed by atoms with Crippen LogP contribution in [-0.4, -0.2) is 132 Å². The zero-order chi connectivity index (χ0) is 46.0. The highest BCUT2D eigenvalue weighted by Crippen LogP contribution is 2.40. The molecule has 14 atom stereocenters. The minimum atomic E-state index is -2.10. The lowest BCUT2D eigenvalue weighted by Gasteiger charge is -2.45. The molecule has 348 valence electrons. The first-order valence-electron chi connectivity index (χ1n) is 21.9. The monoisotopic (exact) mass is 890 g/mol. The second-order valence-electron chi connectivity index (χ2n) is 17.1. The molecule has 0 amide bonds. The van der Waals surface area contributed by atoms with E-state index >= 15 is 0 Å². The highest BCUT2D eigenvalue weighted by molar-refractivity contribution is 5.82. The first-order valence-corrected chi connectivity index (χ1v) is 21.9. The number of aliphatic hydroxyl groups excluding tert-OH is 4. The van der Waals surface area contributed by atoms with Crippen LogP contribution in [0, 0.1) is 12.8 Å².